The first-order valence-electron chi connectivity index (χ1n) is 6.90. The number of likely N-dealkylation sites (tertiary alicyclic amines) is 1. The van der Waals surface area contributed by atoms with Gasteiger partial charge in [-0.25, -0.2) is 8.78 Å². The zero-order valence-electron chi connectivity index (χ0n) is 11.8. The minimum atomic E-state index is -1.13. The lowest BCUT2D eigenvalue weighted by Gasteiger charge is -2.44. The second-order valence-corrected chi connectivity index (χ2v) is 6.47. The van der Waals surface area contributed by atoms with Crippen molar-refractivity contribution in [2.45, 2.75) is 23.4 Å². The first-order valence-corrected chi connectivity index (χ1v) is 7.88. The van der Waals surface area contributed by atoms with Crippen LogP contribution in [0.25, 0.3) is 0 Å². The van der Waals surface area contributed by atoms with E-state index in [9.17, 15) is 8.78 Å². The Kier molecular flexibility index (Phi) is 5.81. The van der Waals surface area contributed by atoms with Crippen molar-refractivity contribution >= 4 is 11.8 Å². The zero-order valence-corrected chi connectivity index (χ0v) is 12.6. The van der Waals surface area contributed by atoms with Gasteiger partial charge in [-0.15, -0.1) is 11.8 Å². The maximum Gasteiger partial charge on any atom is 0.159 e. The van der Waals surface area contributed by atoms with Crippen molar-refractivity contribution in [2.75, 3.05) is 39.1 Å². The fourth-order valence-corrected chi connectivity index (χ4v) is 3.33. The molecule has 0 atom stereocenters. The molecule has 1 fully saturated rings. The largest absolute Gasteiger partial charge is 0.381 e. The number of halogens is 2. The topological polar surface area (TPSA) is 12.5 Å². The first-order chi connectivity index (χ1) is 9.61. The van der Waals surface area contributed by atoms with Gasteiger partial charge in [0.25, 0.3) is 0 Å². The molecular weight excluding hydrogens is 280 g/mol. The molecule has 1 heterocycles. The highest BCUT2D eigenvalue weighted by atomic mass is 32.2. The zero-order chi connectivity index (χ0) is 14.4. The highest BCUT2D eigenvalue weighted by Crippen LogP contribution is 2.26. The highest BCUT2D eigenvalue weighted by molar-refractivity contribution is 7.99. The Bertz CT molecular complexity index is 407. The van der Waals surface area contributed by atoms with Gasteiger partial charge in [-0.05, 0) is 49.4 Å². The fraction of sp³-hybridized carbons (Fsp3) is 0.600. The Morgan fingerprint density at radius 1 is 1.25 bits per heavy atom. The number of unbranched alkanes of at least 4 members (excludes halogenated alkanes) is 1. The summed E-state index contributed by atoms with van der Waals surface area (Å²) in [6.07, 6.45) is 2.15. The predicted molar refractivity (Wildman–Crippen MR) is 78.5 cm³/mol. The van der Waals surface area contributed by atoms with Crippen LogP contribution in [0.5, 0.6) is 0 Å². The lowest BCUT2D eigenvalue weighted by atomic mass is 9.97. The van der Waals surface area contributed by atoms with Crippen LogP contribution in [0.1, 0.15) is 12.8 Å². The third-order valence-electron chi connectivity index (χ3n) is 3.37. The quantitative estimate of drug-likeness (QED) is 0.539. The molecule has 5 heteroatoms. The Labute approximate surface area is 123 Å². The minimum Gasteiger partial charge on any atom is -0.381 e. The van der Waals surface area contributed by atoms with Crippen molar-refractivity contribution in [1.82, 2.24) is 4.90 Å². The van der Waals surface area contributed by atoms with E-state index in [1.165, 1.54) is 19.2 Å². The molecule has 2 rings (SSSR count). The Morgan fingerprint density at radius 2 is 1.95 bits per heavy atom. The smallest absolute Gasteiger partial charge is 0.159 e. The van der Waals surface area contributed by atoms with Crippen LogP contribution >= 0.6 is 11.8 Å². The van der Waals surface area contributed by atoms with Crippen LogP contribution in [-0.2, 0) is 4.74 Å². The molecule has 1 aliphatic heterocycles. The molecule has 0 N–H and O–H groups in total. The van der Waals surface area contributed by atoms with Gasteiger partial charge in [-0.1, -0.05) is 0 Å². The standard InChI is InChI=1S/C15H21F2NOS/c1-19-12-15(17)10-18(11-15)8-2-3-9-20-14-6-4-13(16)5-7-14/h4-7H,2-3,8-12H2,1H3. The molecule has 0 bridgehead atoms. The average Bonchev–Trinajstić information content (AvgIpc) is 2.39. The lowest BCUT2D eigenvalue weighted by molar-refractivity contribution is -0.0770. The van der Waals surface area contributed by atoms with Gasteiger partial charge in [-0.3, -0.25) is 4.90 Å². The van der Waals surface area contributed by atoms with Crippen molar-refractivity contribution in [2.24, 2.45) is 0 Å². The molecule has 0 unspecified atom stereocenters. The van der Waals surface area contributed by atoms with Gasteiger partial charge in [0.15, 0.2) is 5.67 Å². The normalized spacial score (nSPS) is 17.9. The van der Waals surface area contributed by atoms with Crippen molar-refractivity contribution in [3.8, 4) is 0 Å². The van der Waals surface area contributed by atoms with Crippen LogP contribution in [-0.4, -0.2) is 49.7 Å². The number of alkyl halides is 1. The summed E-state index contributed by atoms with van der Waals surface area (Å²) in [5.41, 5.74) is -1.13. The Morgan fingerprint density at radius 3 is 2.60 bits per heavy atom. The number of rotatable bonds is 8. The fourth-order valence-electron chi connectivity index (χ4n) is 2.42. The van der Waals surface area contributed by atoms with Crippen molar-refractivity contribution in [1.29, 1.82) is 0 Å². The Balaban J connectivity index is 1.52. The summed E-state index contributed by atoms with van der Waals surface area (Å²) in [4.78, 5) is 3.22. The molecule has 0 amide bonds. The summed E-state index contributed by atoms with van der Waals surface area (Å²) in [7, 11) is 1.54. The Hall–Kier alpha value is -0.650. The number of hydrogen-bond donors (Lipinski definition) is 0. The molecule has 1 aromatic carbocycles. The summed E-state index contributed by atoms with van der Waals surface area (Å²) in [5.74, 6) is 0.816. The van der Waals surface area contributed by atoms with Crippen molar-refractivity contribution < 1.29 is 13.5 Å². The van der Waals surface area contributed by atoms with Gasteiger partial charge >= 0.3 is 0 Å². The van der Waals surface area contributed by atoms with Gasteiger partial charge in [-0.2, -0.15) is 0 Å². The number of ether oxygens (including phenoxy) is 1. The third kappa shape index (κ3) is 4.72. The van der Waals surface area contributed by atoms with Gasteiger partial charge in [0, 0.05) is 25.1 Å². The summed E-state index contributed by atoms with van der Waals surface area (Å²) in [6, 6.07) is 6.58. The van der Waals surface area contributed by atoms with E-state index >= 15 is 0 Å². The molecular formula is C15H21F2NOS. The SMILES string of the molecule is COCC1(F)CN(CCCCSc2ccc(F)cc2)C1. The number of nitrogens with zero attached hydrogens (tertiary/aromatic N) is 1. The van der Waals surface area contributed by atoms with E-state index in [-0.39, 0.29) is 12.4 Å². The van der Waals surface area contributed by atoms with Crippen LogP contribution in [0.15, 0.2) is 29.2 Å². The molecule has 0 saturated carbocycles. The number of methoxy groups -OCH3 is 1. The van der Waals surface area contributed by atoms with Crippen LogP contribution in [0, 0.1) is 5.82 Å². The monoisotopic (exact) mass is 301 g/mol. The number of benzene rings is 1. The van der Waals surface area contributed by atoms with Crippen LogP contribution in [0.2, 0.25) is 0 Å². The van der Waals surface area contributed by atoms with Gasteiger partial charge in [0.2, 0.25) is 0 Å². The molecule has 0 radical (unpaired) electrons. The molecule has 0 spiro atoms. The van der Waals surface area contributed by atoms with E-state index in [4.69, 9.17) is 4.74 Å². The van der Waals surface area contributed by atoms with E-state index < -0.39 is 5.67 Å². The molecule has 0 aromatic heterocycles. The predicted octanol–water partition coefficient (Wildman–Crippen LogP) is 3.37. The molecule has 20 heavy (non-hydrogen) atoms. The summed E-state index contributed by atoms with van der Waals surface area (Å²) in [5, 5.41) is 0. The second-order valence-electron chi connectivity index (χ2n) is 5.30. The van der Waals surface area contributed by atoms with Crippen LogP contribution in [0.4, 0.5) is 8.78 Å². The first kappa shape index (κ1) is 15.7. The van der Waals surface area contributed by atoms with Crippen LogP contribution < -0.4 is 0 Å². The maximum atomic E-state index is 13.8. The summed E-state index contributed by atoms with van der Waals surface area (Å²) in [6.45, 7) is 2.13. The second kappa shape index (κ2) is 7.38. The number of thioether (sulfide) groups is 1. The average molecular weight is 301 g/mol. The maximum absolute atomic E-state index is 13.8. The minimum absolute atomic E-state index is 0.196. The van der Waals surface area contributed by atoms with Crippen LogP contribution in [0.3, 0.4) is 0 Å². The lowest BCUT2D eigenvalue weighted by Crippen LogP contribution is -2.61. The van der Waals surface area contributed by atoms with E-state index in [1.807, 2.05) is 0 Å². The molecule has 2 nitrogen and oxygen atoms in total. The summed E-state index contributed by atoms with van der Waals surface area (Å²) >= 11 is 1.74. The third-order valence-corrected chi connectivity index (χ3v) is 4.47. The molecule has 0 aliphatic carbocycles. The van der Waals surface area contributed by atoms with E-state index in [1.54, 1.807) is 23.9 Å². The summed E-state index contributed by atoms with van der Waals surface area (Å²) < 4.78 is 31.4. The molecule has 112 valence electrons. The van der Waals surface area contributed by atoms with Gasteiger partial charge < -0.3 is 4.74 Å². The number of hydrogen-bond acceptors (Lipinski definition) is 3. The molecule has 1 saturated heterocycles. The van der Waals surface area contributed by atoms with Gasteiger partial charge in [0.1, 0.15) is 5.82 Å². The van der Waals surface area contributed by atoms with Crippen molar-refractivity contribution in [3.05, 3.63) is 30.1 Å². The highest BCUT2D eigenvalue weighted by Gasteiger charge is 2.42. The van der Waals surface area contributed by atoms with E-state index in [2.05, 4.69) is 4.90 Å². The molecule has 1 aromatic rings. The van der Waals surface area contributed by atoms with Gasteiger partial charge in [0.05, 0.1) is 6.61 Å². The molecule has 1 aliphatic rings. The van der Waals surface area contributed by atoms with E-state index in [0.717, 1.165) is 30.0 Å². The van der Waals surface area contributed by atoms with Crippen molar-refractivity contribution in [3.63, 3.8) is 0 Å². The van der Waals surface area contributed by atoms with E-state index in [0.29, 0.717) is 13.1 Å².